The molecule has 0 aliphatic rings. The van der Waals surface area contributed by atoms with Gasteiger partial charge in [0.05, 0.1) is 12.3 Å². The number of sulfone groups is 1. The summed E-state index contributed by atoms with van der Waals surface area (Å²) in [6.45, 7) is 3.80. The minimum Gasteiger partial charge on any atom is -0.357 e. The van der Waals surface area contributed by atoms with Crippen LogP contribution in [-0.2, 0) is 16.3 Å². The Kier molecular flexibility index (Phi) is 6.86. The zero-order valence-corrected chi connectivity index (χ0v) is 13.0. The van der Waals surface area contributed by atoms with Crippen molar-refractivity contribution in [2.45, 2.75) is 13.3 Å². The highest BCUT2D eigenvalue weighted by atomic mass is 32.2. The average molecular weight is 303 g/mol. The Labute approximate surface area is 119 Å². The van der Waals surface area contributed by atoms with E-state index in [1.807, 2.05) is 13.0 Å². The highest BCUT2D eigenvalue weighted by Gasteiger charge is 2.02. The number of hydrogen-bond donors (Lipinski definition) is 2. The Bertz CT molecular complexity index is 481. The van der Waals surface area contributed by atoms with Crippen LogP contribution in [0.5, 0.6) is 0 Å². The van der Waals surface area contributed by atoms with Gasteiger partial charge in [-0.05, 0) is 24.8 Å². The van der Waals surface area contributed by atoms with Crippen LogP contribution in [0.3, 0.4) is 0 Å². The van der Waals surface area contributed by atoms with Crippen molar-refractivity contribution in [3.05, 3.63) is 22.4 Å². The number of rotatable bonds is 7. The molecule has 0 aromatic carbocycles. The molecule has 0 bridgehead atoms. The molecule has 1 heterocycles. The SMILES string of the molecule is CCNC(=NCCS(C)(=O)=O)NCCc1cccs1. The van der Waals surface area contributed by atoms with E-state index in [-0.39, 0.29) is 12.3 Å². The lowest BCUT2D eigenvalue weighted by Gasteiger charge is -2.10. The lowest BCUT2D eigenvalue weighted by molar-refractivity contribution is 0.601. The van der Waals surface area contributed by atoms with Gasteiger partial charge >= 0.3 is 0 Å². The highest BCUT2D eigenvalue weighted by molar-refractivity contribution is 7.90. The van der Waals surface area contributed by atoms with Gasteiger partial charge in [-0.3, -0.25) is 4.99 Å². The fourth-order valence-corrected chi connectivity index (χ4v) is 2.56. The first kappa shape index (κ1) is 16.0. The van der Waals surface area contributed by atoms with Gasteiger partial charge in [-0.1, -0.05) is 6.07 Å². The molecule has 0 fully saturated rings. The highest BCUT2D eigenvalue weighted by Crippen LogP contribution is 2.07. The Balaban J connectivity index is 2.36. The number of thiophene rings is 1. The summed E-state index contributed by atoms with van der Waals surface area (Å²) in [5.41, 5.74) is 0. The summed E-state index contributed by atoms with van der Waals surface area (Å²) < 4.78 is 22.1. The lowest BCUT2D eigenvalue weighted by Crippen LogP contribution is -2.38. The molecule has 0 aliphatic heterocycles. The zero-order valence-electron chi connectivity index (χ0n) is 11.3. The Morgan fingerprint density at radius 1 is 1.42 bits per heavy atom. The first-order chi connectivity index (χ1) is 9.01. The summed E-state index contributed by atoms with van der Waals surface area (Å²) in [6.07, 6.45) is 2.16. The lowest BCUT2D eigenvalue weighted by atomic mass is 10.3. The third kappa shape index (κ3) is 7.84. The molecule has 19 heavy (non-hydrogen) atoms. The monoisotopic (exact) mass is 303 g/mol. The van der Waals surface area contributed by atoms with Gasteiger partial charge in [0.15, 0.2) is 5.96 Å². The van der Waals surface area contributed by atoms with Gasteiger partial charge in [0.1, 0.15) is 9.84 Å². The third-order valence-corrected chi connectivity index (χ3v) is 4.18. The topological polar surface area (TPSA) is 70.6 Å². The molecule has 1 aromatic heterocycles. The molecule has 0 saturated carbocycles. The molecule has 0 atom stereocenters. The second-order valence-electron chi connectivity index (χ2n) is 4.15. The van der Waals surface area contributed by atoms with Crippen molar-refractivity contribution in [3.63, 3.8) is 0 Å². The van der Waals surface area contributed by atoms with Crippen LogP contribution >= 0.6 is 11.3 Å². The molecular formula is C12H21N3O2S2. The van der Waals surface area contributed by atoms with Crippen molar-refractivity contribution in [3.8, 4) is 0 Å². The van der Waals surface area contributed by atoms with Crippen molar-refractivity contribution < 1.29 is 8.42 Å². The molecule has 0 unspecified atom stereocenters. The van der Waals surface area contributed by atoms with Crippen molar-refractivity contribution in [1.29, 1.82) is 0 Å². The predicted octanol–water partition coefficient (Wildman–Crippen LogP) is 0.890. The van der Waals surface area contributed by atoms with E-state index >= 15 is 0 Å². The van der Waals surface area contributed by atoms with E-state index in [4.69, 9.17) is 0 Å². The van der Waals surface area contributed by atoms with E-state index < -0.39 is 9.84 Å². The maximum atomic E-state index is 11.0. The molecule has 2 N–H and O–H groups in total. The van der Waals surface area contributed by atoms with Gasteiger partial charge in [0, 0.05) is 24.2 Å². The van der Waals surface area contributed by atoms with Crippen LogP contribution in [-0.4, -0.2) is 46.0 Å². The minimum atomic E-state index is -2.95. The molecule has 108 valence electrons. The maximum absolute atomic E-state index is 11.0. The Morgan fingerprint density at radius 3 is 2.79 bits per heavy atom. The zero-order chi connectivity index (χ0) is 14.1. The van der Waals surface area contributed by atoms with E-state index in [0.29, 0.717) is 5.96 Å². The molecule has 0 amide bonds. The molecule has 0 aliphatic carbocycles. The molecule has 1 aromatic rings. The Hall–Kier alpha value is -1.08. The molecule has 1 rings (SSSR count). The third-order valence-electron chi connectivity index (χ3n) is 2.32. The molecule has 0 radical (unpaired) electrons. The van der Waals surface area contributed by atoms with Crippen LogP contribution in [0.15, 0.2) is 22.5 Å². The quantitative estimate of drug-likeness (QED) is 0.580. The van der Waals surface area contributed by atoms with Crippen LogP contribution in [0.2, 0.25) is 0 Å². The smallest absolute Gasteiger partial charge is 0.191 e. The van der Waals surface area contributed by atoms with Gasteiger partial charge < -0.3 is 10.6 Å². The molecule has 0 saturated heterocycles. The van der Waals surface area contributed by atoms with Crippen LogP contribution in [0.1, 0.15) is 11.8 Å². The maximum Gasteiger partial charge on any atom is 0.191 e. The number of aliphatic imine (C=N–C) groups is 1. The summed E-state index contributed by atoms with van der Waals surface area (Å²) >= 11 is 1.73. The first-order valence-corrected chi connectivity index (χ1v) is 9.17. The normalized spacial score (nSPS) is 12.4. The van der Waals surface area contributed by atoms with E-state index in [2.05, 4.69) is 27.1 Å². The summed E-state index contributed by atoms with van der Waals surface area (Å²) in [5, 5.41) is 8.35. The van der Waals surface area contributed by atoms with E-state index in [9.17, 15) is 8.42 Å². The second kappa shape index (κ2) is 8.16. The van der Waals surface area contributed by atoms with E-state index in [1.165, 1.54) is 11.1 Å². The van der Waals surface area contributed by atoms with Crippen LogP contribution in [0.25, 0.3) is 0 Å². The number of nitrogens with one attached hydrogen (secondary N) is 2. The van der Waals surface area contributed by atoms with Crippen LogP contribution < -0.4 is 10.6 Å². The van der Waals surface area contributed by atoms with Gasteiger partial charge in [-0.15, -0.1) is 11.3 Å². The number of nitrogens with zero attached hydrogens (tertiary/aromatic N) is 1. The molecular weight excluding hydrogens is 282 g/mol. The second-order valence-corrected chi connectivity index (χ2v) is 7.44. The van der Waals surface area contributed by atoms with Crippen molar-refractivity contribution in [2.75, 3.05) is 31.6 Å². The summed E-state index contributed by atoms with van der Waals surface area (Å²) in [7, 11) is -2.95. The number of guanidine groups is 1. The van der Waals surface area contributed by atoms with Gasteiger partial charge in [-0.25, -0.2) is 8.42 Å². The molecule has 0 spiro atoms. The predicted molar refractivity (Wildman–Crippen MR) is 81.7 cm³/mol. The Morgan fingerprint density at radius 2 is 2.21 bits per heavy atom. The van der Waals surface area contributed by atoms with Gasteiger partial charge in [0.2, 0.25) is 0 Å². The molecule has 5 nitrogen and oxygen atoms in total. The summed E-state index contributed by atoms with van der Waals surface area (Å²) in [5.74, 6) is 0.747. The van der Waals surface area contributed by atoms with Gasteiger partial charge in [0.25, 0.3) is 0 Å². The van der Waals surface area contributed by atoms with Crippen molar-refractivity contribution >= 4 is 27.1 Å². The van der Waals surface area contributed by atoms with Crippen molar-refractivity contribution in [2.24, 2.45) is 4.99 Å². The van der Waals surface area contributed by atoms with E-state index in [0.717, 1.165) is 19.5 Å². The standard InChI is InChI=1S/C12H21N3O2S2/c1-3-13-12(15-8-10-19(2,16)17)14-7-6-11-5-4-9-18-11/h4-5,9H,3,6-8,10H2,1-2H3,(H2,13,14,15). The van der Waals surface area contributed by atoms with Crippen LogP contribution in [0, 0.1) is 0 Å². The summed E-state index contributed by atoms with van der Waals surface area (Å²) in [6, 6.07) is 4.13. The average Bonchev–Trinajstić information content (AvgIpc) is 2.80. The largest absolute Gasteiger partial charge is 0.357 e. The molecule has 7 heteroatoms. The number of hydrogen-bond acceptors (Lipinski definition) is 4. The summed E-state index contributed by atoms with van der Waals surface area (Å²) in [4.78, 5) is 5.56. The first-order valence-electron chi connectivity index (χ1n) is 6.23. The fourth-order valence-electron chi connectivity index (χ4n) is 1.42. The fraction of sp³-hybridized carbons (Fsp3) is 0.583. The van der Waals surface area contributed by atoms with Crippen molar-refractivity contribution in [1.82, 2.24) is 10.6 Å². The minimum absolute atomic E-state index is 0.0779. The van der Waals surface area contributed by atoms with Crippen LogP contribution in [0.4, 0.5) is 0 Å². The van der Waals surface area contributed by atoms with E-state index in [1.54, 1.807) is 11.3 Å². The van der Waals surface area contributed by atoms with Gasteiger partial charge in [-0.2, -0.15) is 0 Å².